The molecule has 1 aromatic heterocycles. The van der Waals surface area contributed by atoms with E-state index in [9.17, 15) is 0 Å². The van der Waals surface area contributed by atoms with Crippen LogP contribution in [0.15, 0.2) is 27.8 Å². The molecule has 0 saturated carbocycles. The molecule has 1 fully saturated rings. The summed E-state index contributed by atoms with van der Waals surface area (Å²) in [6, 6.07) is 4.29. The van der Waals surface area contributed by atoms with E-state index in [1.54, 1.807) is 13.3 Å². The van der Waals surface area contributed by atoms with Crippen molar-refractivity contribution in [3.63, 3.8) is 0 Å². The average Bonchev–Trinajstić information content (AvgIpc) is 2.99. The zero-order valence-corrected chi connectivity index (χ0v) is 11.9. The van der Waals surface area contributed by atoms with Gasteiger partial charge in [0.1, 0.15) is 5.76 Å². The molecular weight excluding hydrogens is 240 g/mol. The van der Waals surface area contributed by atoms with Crippen molar-refractivity contribution in [3.05, 3.63) is 24.2 Å². The minimum Gasteiger partial charge on any atom is -0.468 e. The first-order valence-electron chi connectivity index (χ1n) is 7.01. The second-order valence-corrected chi connectivity index (χ2v) is 4.83. The molecule has 1 aromatic rings. The van der Waals surface area contributed by atoms with Crippen LogP contribution in [0.25, 0.3) is 0 Å². The van der Waals surface area contributed by atoms with Gasteiger partial charge in [-0.25, -0.2) is 0 Å². The molecule has 0 aliphatic carbocycles. The number of furan rings is 1. The Morgan fingerprint density at radius 1 is 1.42 bits per heavy atom. The van der Waals surface area contributed by atoms with E-state index in [2.05, 4.69) is 26.6 Å². The minimum absolute atomic E-state index is 0.278. The van der Waals surface area contributed by atoms with Crippen molar-refractivity contribution in [2.45, 2.75) is 25.3 Å². The summed E-state index contributed by atoms with van der Waals surface area (Å²) in [4.78, 5) is 6.65. The SMILES string of the molecule is CN=C(NC)NCC(c1ccco1)N1CCCCC1. The van der Waals surface area contributed by atoms with Crippen LogP contribution < -0.4 is 10.6 Å². The molecule has 5 heteroatoms. The summed E-state index contributed by atoms with van der Waals surface area (Å²) in [5, 5.41) is 6.39. The van der Waals surface area contributed by atoms with Gasteiger partial charge in [0.05, 0.1) is 12.3 Å². The molecule has 0 aromatic carbocycles. The highest BCUT2D eigenvalue weighted by Gasteiger charge is 2.24. The molecule has 0 radical (unpaired) electrons. The van der Waals surface area contributed by atoms with Crippen molar-refractivity contribution >= 4 is 5.96 Å². The Labute approximate surface area is 115 Å². The average molecular weight is 264 g/mol. The van der Waals surface area contributed by atoms with E-state index >= 15 is 0 Å². The predicted molar refractivity (Wildman–Crippen MR) is 77.3 cm³/mol. The molecule has 1 aliphatic heterocycles. The van der Waals surface area contributed by atoms with Gasteiger partial charge < -0.3 is 15.1 Å². The summed E-state index contributed by atoms with van der Waals surface area (Å²) >= 11 is 0. The first-order valence-corrected chi connectivity index (χ1v) is 7.01. The van der Waals surface area contributed by atoms with Crippen LogP contribution in [0.4, 0.5) is 0 Å². The highest BCUT2D eigenvalue weighted by Crippen LogP contribution is 2.24. The molecule has 2 heterocycles. The Morgan fingerprint density at radius 2 is 2.21 bits per heavy atom. The first kappa shape index (κ1) is 13.9. The lowest BCUT2D eigenvalue weighted by Crippen LogP contribution is -2.43. The second-order valence-electron chi connectivity index (χ2n) is 4.83. The summed E-state index contributed by atoms with van der Waals surface area (Å²) in [7, 11) is 3.65. The van der Waals surface area contributed by atoms with Gasteiger partial charge in [-0.1, -0.05) is 6.42 Å². The number of rotatable bonds is 4. The molecule has 2 N–H and O–H groups in total. The van der Waals surface area contributed by atoms with E-state index in [-0.39, 0.29) is 6.04 Å². The van der Waals surface area contributed by atoms with E-state index in [4.69, 9.17) is 4.42 Å². The quantitative estimate of drug-likeness (QED) is 0.641. The molecule has 1 atom stereocenters. The zero-order chi connectivity index (χ0) is 13.5. The Morgan fingerprint density at radius 3 is 2.79 bits per heavy atom. The number of likely N-dealkylation sites (tertiary alicyclic amines) is 1. The summed E-state index contributed by atoms with van der Waals surface area (Å²) < 4.78 is 5.61. The van der Waals surface area contributed by atoms with Gasteiger partial charge in [0.25, 0.3) is 0 Å². The zero-order valence-electron chi connectivity index (χ0n) is 11.9. The molecule has 0 spiro atoms. The maximum absolute atomic E-state index is 5.61. The van der Waals surface area contributed by atoms with Crippen molar-refractivity contribution in [1.29, 1.82) is 0 Å². The summed E-state index contributed by atoms with van der Waals surface area (Å²) in [5.74, 6) is 1.84. The minimum atomic E-state index is 0.278. The predicted octanol–water partition coefficient (Wildman–Crippen LogP) is 1.60. The third-order valence-corrected chi connectivity index (χ3v) is 3.63. The third-order valence-electron chi connectivity index (χ3n) is 3.63. The lowest BCUT2D eigenvalue weighted by atomic mass is 10.1. The first-order chi connectivity index (χ1) is 9.35. The normalized spacial score (nSPS) is 19.2. The smallest absolute Gasteiger partial charge is 0.190 e. The van der Waals surface area contributed by atoms with Crippen molar-refractivity contribution in [2.24, 2.45) is 4.99 Å². The van der Waals surface area contributed by atoms with Gasteiger partial charge in [0.2, 0.25) is 0 Å². The van der Waals surface area contributed by atoms with Gasteiger partial charge in [0, 0.05) is 20.6 Å². The van der Waals surface area contributed by atoms with Gasteiger partial charge >= 0.3 is 0 Å². The number of aliphatic imine (C=N–C) groups is 1. The Balaban J connectivity index is 2.02. The van der Waals surface area contributed by atoms with E-state index in [0.29, 0.717) is 0 Å². The fraction of sp³-hybridized carbons (Fsp3) is 0.643. The standard InChI is InChI=1S/C14H24N4O/c1-15-14(16-2)17-11-12(13-7-6-10-19-13)18-8-4-3-5-9-18/h6-7,10,12H,3-5,8-9,11H2,1-2H3,(H2,15,16,17). The number of piperidine rings is 1. The van der Waals surface area contributed by atoms with Gasteiger partial charge in [0.15, 0.2) is 5.96 Å². The van der Waals surface area contributed by atoms with Crippen LogP contribution in [0.5, 0.6) is 0 Å². The second kappa shape index (κ2) is 7.19. The summed E-state index contributed by atoms with van der Waals surface area (Å²) in [6.45, 7) is 3.09. The topological polar surface area (TPSA) is 52.8 Å². The van der Waals surface area contributed by atoms with E-state index < -0.39 is 0 Å². The van der Waals surface area contributed by atoms with Crippen LogP contribution in [-0.2, 0) is 0 Å². The maximum Gasteiger partial charge on any atom is 0.190 e. The molecule has 1 aliphatic rings. The molecule has 5 nitrogen and oxygen atoms in total. The largest absolute Gasteiger partial charge is 0.468 e. The lowest BCUT2D eigenvalue weighted by molar-refractivity contribution is 0.146. The fourth-order valence-corrected chi connectivity index (χ4v) is 2.59. The highest BCUT2D eigenvalue weighted by atomic mass is 16.3. The van der Waals surface area contributed by atoms with E-state index in [0.717, 1.165) is 31.4 Å². The molecular formula is C14H24N4O. The number of hydrogen-bond donors (Lipinski definition) is 2. The van der Waals surface area contributed by atoms with Crippen LogP contribution in [-0.4, -0.2) is 44.6 Å². The molecule has 1 unspecified atom stereocenters. The monoisotopic (exact) mass is 264 g/mol. The maximum atomic E-state index is 5.61. The third kappa shape index (κ3) is 3.73. The summed E-state index contributed by atoms with van der Waals surface area (Å²) in [5.41, 5.74) is 0. The van der Waals surface area contributed by atoms with Crippen molar-refractivity contribution in [2.75, 3.05) is 33.7 Å². The summed E-state index contributed by atoms with van der Waals surface area (Å²) in [6.07, 6.45) is 5.64. The Hall–Kier alpha value is -1.49. The van der Waals surface area contributed by atoms with Gasteiger partial charge in [-0.15, -0.1) is 0 Å². The van der Waals surface area contributed by atoms with Gasteiger partial charge in [-0.05, 0) is 38.1 Å². The van der Waals surface area contributed by atoms with E-state index in [1.807, 2.05) is 13.1 Å². The fourth-order valence-electron chi connectivity index (χ4n) is 2.59. The molecule has 1 saturated heterocycles. The van der Waals surface area contributed by atoms with Crippen molar-refractivity contribution in [3.8, 4) is 0 Å². The van der Waals surface area contributed by atoms with Crippen molar-refractivity contribution in [1.82, 2.24) is 15.5 Å². The van der Waals surface area contributed by atoms with Gasteiger partial charge in [-0.3, -0.25) is 9.89 Å². The van der Waals surface area contributed by atoms with Crippen LogP contribution >= 0.6 is 0 Å². The number of nitrogens with zero attached hydrogens (tertiary/aromatic N) is 2. The Bertz CT molecular complexity index is 382. The molecule has 106 valence electrons. The number of nitrogens with one attached hydrogen (secondary N) is 2. The lowest BCUT2D eigenvalue weighted by Gasteiger charge is -2.33. The molecule has 0 amide bonds. The van der Waals surface area contributed by atoms with Gasteiger partial charge in [-0.2, -0.15) is 0 Å². The molecule has 0 bridgehead atoms. The van der Waals surface area contributed by atoms with Crippen LogP contribution in [0.2, 0.25) is 0 Å². The number of guanidine groups is 1. The van der Waals surface area contributed by atoms with Crippen LogP contribution in [0, 0.1) is 0 Å². The van der Waals surface area contributed by atoms with Crippen LogP contribution in [0.1, 0.15) is 31.1 Å². The van der Waals surface area contributed by atoms with E-state index in [1.165, 1.54) is 19.3 Å². The number of hydrogen-bond acceptors (Lipinski definition) is 3. The molecule has 19 heavy (non-hydrogen) atoms. The highest BCUT2D eigenvalue weighted by molar-refractivity contribution is 5.79. The molecule has 2 rings (SSSR count). The van der Waals surface area contributed by atoms with Crippen molar-refractivity contribution < 1.29 is 4.42 Å². The Kier molecular flexibility index (Phi) is 5.27. The van der Waals surface area contributed by atoms with Crippen LogP contribution in [0.3, 0.4) is 0 Å².